The van der Waals surface area contributed by atoms with Crippen LogP contribution in [0.4, 0.5) is 4.79 Å². The van der Waals surface area contributed by atoms with Gasteiger partial charge in [0.25, 0.3) is 5.91 Å². The molecule has 2 aliphatic heterocycles. The van der Waals surface area contributed by atoms with Crippen LogP contribution in [0.1, 0.15) is 17.5 Å². The molecule has 2 heterocycles. The van der Waals surface area contributed by atoms with Crippen LogP contribution < -0.4 is 10.1 Å². The maximum Gasteiger partial charge on any atom is 0.325 e. The van der Waals surface area contributed by atoms with E-state index < -0.39 is 5.54 Å². The van der Waals surface area contributed by atoms with Crippen LogP contribution in [0, 0.1) is 0 Å². The minimum absolute atomic E-state index is 0.215. The average Bonchev–Trinajstić information content (AvgIpc) is 2.82. The molecule has 6 heteroatoms. The molecule has 1 unspecified atom stereocenters. The number of urea groups is 1. The molecule has 1 saturated heterocycles. The summed E-state index contributed by atoms with van der Waals surface area (Å²) in [5.74, 6) is 0.406. The first-order valence-corrected chi connectivity index (χ1v) is 8.09. The quantitative estimate of drug-likeness (QED) is 0.853. The molecule has 3 amide bonds. The van der Waals surface area contributed by atoms with Gasteiger partial charge in [0.05, 0.1) is 13.2 Å². The van der Waals surface area contributed by atoms with E-state index in [1.807, 2.05) is 36.4 Å². The zero-order chi connectivity index (χ0) is 16.7. The van der Waals surface area contributed by atoms with Gasteiger partial charge >= 0.3 is 6.03 Å². The highest BCUT2D eigenvalue weighted by Gasteiger charge is 2.54. The maximum absolute atomic E-state index is 13.1. The number of benzene rings is 2. The highest BCUT2D eigenvalue weighted by Crippen LogP contribution is 2.41. The first-order valence-electron chi connectivity index (χ1n) is 7.71. The second-order valence-corrected chi connectivity index (χ2v) is 6.38. The number of nitrogens with zero attached hydrogens (tertiary/aromatic N) is 1. The molecule has 2 aliphatic rings. The number of rotatable bonds is 2. The second kappa shape index (κ2) is 5.53. The molecule has 5 nitrogen and oxygen atoms in total. The van der Waals surface area contributed by atoms with E-state index in [1.54, 1.807) is 12.1 Å². The number of carbonyl (C=O) groups is 2. The van der Waals surface area contributed by atoms with Gasteiger partial charge in [-0.2, -0.15) is 0 Å². The summed E-state index contributed by atoms with van der Waals surface area (Å²) < 4.78 is 5.62. The molecule has 0 saturated carbocycles. The van der Waals surface area contributed by atoms with E-state index in [0.717, 1.165) is 5.56 Å². The molecular weight excluding hydrogens is 328 g/mol. The fourth-order valence-electron chi connectivity index (χ4n) is 3.29. The van der Waals surface area contributed by atoms with E-state index in [4.69, 9.17) is 16.3 Å². The van der Waals surface area contributed by atoms with Gasteiger partial charge in [-0.3, -0.25) is 9.69 Å². The minimum Gasteiger partial charge on any atom is -0.493 e. The lowest BCUT2D eigenvalue weighted by atomic mass is 9.84. The number of hydrogen-bond acceptors (Lipinski definition) is 3. The van der Waals surface area contributed by atoms with Gasteiger partial charge in [0.15, 0.2) is 5.54 Å². The summed E-state index contributed by atoms with van der Waals surface area (Å²) in [5.41, 5.74) is 0.534. The number of hydrogen-bond donors (Lipinski definition) is 1. The summed E-state index contributed by atoms with van der Waals surface area (Å²) in [6, 6.07) is 14.1. The fraction of sp³-hybridized carbons (Fsp3) is 0.222. The Kier molecular flexibility index (Phi) is 3.46. The molecule has 0 aromatic heterocycles. The van der Waals surface area contributed by atoms with Crippen LogP contribution in [-0.4, -0.2) is 23.4 Å². The molecule has 0 bridgehead atoms. The minimum atomic E-state index is -1.03. The number of fused-ring (bicyclic) bond motifs is 2. The number of ether oxygens (including phenoxy) is 1. The Morgan fingerprint density at radius 1 is 1.12 bits per heavy atom. The summed E-state index contributed by atoms with van der Waals surface area (Å²) in [7, 11) is 0. The van der Waals surface area contributed by atoms with Crippen LogP contribution in [0.2, 0.25) is 5.02 Å². The second-order valence-electron chi connectivity index (χ2n) is 5.95. The molecule has 24 heavy (non-hydrogen) atoms. The Hall–Kier alpha value is -2.53. The number of amides is 3. The monoisotopic (exact) mass is 342 g/mol. The summed E-state index contributed by atoms with van der Waals surface area (Å²) >= 11 is 5.88. The van der Waals surface area contributed by atoms with Gasteiger partial charge < -0.3 is 10.1 Å². The smallest absolute Gasteiger partial charge is 0.325 e. The summed E-state index contributed by atoms with van der Waals surface area (Å²) in [5, 5.41) is 3.50. The number of halogens is 1. The SMILES string of the molecule is O=C1NC2(CCOc3ccccc32)C(=O)N1Cc1ccc(Cl)cc1. The maximum atomic E-state index is 13.1. The third-order valence-corrected chi connectivity index (χ3v) is 4.76. The van der Waals surface area contributed by atoms with E-state index in [1.165, 1.54) is 4.90 Å². The highest BCUT2D eigenvalue weighted by molar-refractivity contribution is 6.30. The third kappa shape index (κ3) is 2.24. The van der Waals surface area contributed by atoms with Crippen molar-refractivity contribution in [3.63, 3.8) is 0 Å². The van der Waals surface area contributed by atoms with Crippen molar-refractivity contribution in [3.05, 3.63) is 64.7 Å². The Morgan fingerprint density at radius 3 is 2.67 bits per heavy atom. The van der Waals surface area contributed by atoms with E-state index in [0.29, 0.717) is 29.4 Å². The highest BCUT2D eigenvalue weighted by atomic mass is 35.5. The molecule has 1 N–H and O–H groups in total. The Labute approximate surface area is 144 Å². The van der Waals surface area contributed by atoms with Gasteiger partial charge in [-0.05, 0) is 23.8 Å². The zero-order valence-electron chi connectivity index (χ0n) is 12.8. The van der Waals surface area contributed by atoms with E-state index >= 15 is 0 Å². The van der Waals surface area contributed by atoms with Crippen LogP contribution in [0.25, 0.3) is 0 Å². The van der Waals surface area contributed by atoms with Gasteiger partial charge in [0, 0.05) is 17.0 Å². The van der Waals surface area contributed by atoms with E-state index in [-0.39, 0.29) is 18.5 Å². The van der Waals surface area contributed by atoms with E-state index in [9.17, 15) is 9.59 Å². The Balaban J connectivity index is 1.68. The van der Waals surface area contributed by atoms with Crippen molar-refractivity contribution in [1.82, 2.24) is 10.2 Å². The third-order valence-electron chi connectivity index (χ3n) is 4.51. The van der Waals surface area contributed by atoms with Crippen molar-refractivity contribution in [3.8, 4) is 5.75 Å². The predicted molar refractivity (Wildman–Crippen MR) is 88.8 cm³/mol. The van der Waals surface area contributed by atoms with Crippen molar-refractivity contribution in [2.45, 2.75) is 18.5 Å². The number of imide groups is 1. The lowest BCUT2D eigenvalue weighted by Crippen LogP contribution is -2.47. The van der Waals surface area contributed by atoms with Crippen LogP contribution in [-0.2, 0) is 16.9 Å². The lowest BCUT2D eigenvalue weighted by Gasteiger charge is -2.33. The summed E-state index contributed by atoms with van der Waals surface area (Å²) in [4.78, 5) is 26.8. The van der Waals surface area contributed by atoms with Crippen LogP contribution in [0.15, 0.2) is 48.5 Å². The molecule has 1 atom stereocenters. The molecule has 4 rings (SSSR count). The van der Waals surface area contributed by atoms with Crippen molar-refractivity contribution >= 4 is 23.5 Å². The van der Waals surface area contributed by atoms with Crippen molar-refractivity contribution in [1.29, 1.82) is 0 Å². The van der Waals surface area contributed by atoms with Gasteiger partial charge in [-0.25, -0.2) is 4.79 Å². The largest absolute Gasteiger partial charge is 0.493 e. The van der Waals surface area contributed by atoms with Gasteiger partial charge in [0.2, 0.25) is 0 Å². The topological polar surface area (TPSA) is 58.6 Å². The van der Waals surface area contributed by atoms with Gasteiger partial charge in [-0.1, -0.05) is 41.9 Å². The molecule has 1 spiro atoms. The predicted octanol–water partition coefficient (Wildman–Crippen LogP) is 3.07. The first kappa shape index (κ1) is 15.0. The molecule has 0 aliphatic carbocycles. The molecule has 2 aromatic carbocycles. The normalized spacial score (nSPS) is 22.3. The van der Waals surface area contributed by atoms with Crippen molar-refractivity contribution in [2.75, 3.05) is 6.61 Å². The summed E-state index contributed by atoms with van der Waals surface area (Å²) in [6.45, 7) is 0.602. The van der Waals surface area contributed by atoms with Crippen LogP contribution >= 0.6 is 11.6 Å². The van der Waals surface area contributed by atoms with Crippen LogP contribution in [0.5, 0.6) is 5.75 Å². The van der Waals surface area contributed by atoms with Crippen molar-refractivity contribution < 1.29 is 14.3 Å². The molecule has 2 aromatic rings. The fourth-order valence-corrected chi connectivity index (χ4v) is 3.41. The van der Waals surface area contributed by atoms with Gasteiger partial charge in [-0.15, -0.1) is 0 Å². The summed E-state index contributed by atoms with van der Waals surface area (Å²) in [6.07, 6.45) is 0.422. The molecule has 122 valence electrons. The zero-order valence-corrected chi connectivity index (χ0v) is 13.5. The first-order chi connectivity index (χ1) is 11.6. The Morgan fingerprint density at radius 2 is 1.88 bits per heavy atom. The van der Waals surface area contributed by atoms with Gasteiger partial charge in [0.1, 0.15) is 5.75 Å². The average molecular weight is 343 g/mol. The number of nitrogens with one attached hydrogen (secondary N) is 1. The van der Waals surface area contributed by atoms with Crippen molar-refractivity contribution in [2.24, 2.45) is 0 Å². The molecular formula is C18H15ClN2O3. The number of carbonyl (C=O) groups excluding carboxylic acids is 2. The lowest BCUT2D eigenvalue weighted by molar-refractivity contribution is -0.133. The standard InChI is InChI=1S/C18H15ClN2O3/c19-13-7-5-12(6-8-13)11-21-16(22)18(20-17(21)23)9-10-24-15-4-2-1-3-14(15)18/h1-8H,9-11H2,(H,20,23). The van der Waals surface area contributed by atoms with E-state index in [2.05, 4.69) is 5.32 Å². The molecule has 1 fully saturated rings. The number of para-hydroxylation sites is 1. The molecule has 0 radical (unpaired) electrons. The van der Waals surface area contributed by atoms with Crippen LogP contribution in [0.3, 0.4) is 0 Å². The Bertz CT molecular complexity index is 821.